The Labute approximate surface area is 144 Å². The molecule has 0 aromatic carbocycles. The number of amides is 1. The van der Waals surface area contributed by atoms with Gasteiger partial charge in [0, 0.05) is 6.07 Å². The summed E-state index contributed by atoms with van der Waals surface area (Å²) < 4.78 is 11.0. The van der Waals surface area contributed by atoms with E-state index in [0.717, 1.165) is 4.68 Å². The van der Waals surface area contributed by atoms with Crippen LogP contribution >= 0.6 is 0 Å². The fraction of sp³-hybridized carbons (Fsp3) is 0.412. The highest BCUT2D eigenvalue weighted by Crippen LogP contribution is 2.15. The number of esters is 1. The third-order valence-electron chi connectivity index (χ3n) is 3.46. The van der Waals surface area contributed by atoms with Crippen molar-refractivity contribution < 1.29 is 18.7 Å². The Morgan fingerprint density at radius 1 is 1.32 bits per heavy atom. The smallest absolute Gasteiger partial charge is 0.328 e. The fourth-order valence-corrected chi connectivity index (χ4v) is 2.32. The largest absolute Gasteiger partial charge is 0.467 e. The molecule has 0 aliphatic heterocycles. The molecule has 0 bridgehead atoms. The van der Waals surface area contributed by atoms with Crippen molar-refractivity contribution >= 4 is 11.9 Å². The summed E-state index contributed by atoms with van der Waals surface area (Å²) in [6.45, 7) is 3.56. The average molecular weight is 347 g/mol. The number of hydrogen-bond acceptors (Lipinski definition) is 6. The number of carbonyl (C=O) groups is 2. The second-order valence-corrected chi connectivity index (χ2v) is 5.96. The molecular formula is C17H21N3O5. The van der Waals surface area contributed by atoms with E-state index in [9.17, 15) is 14.4 Å². The van der Waals surface area contributed by atoms with E-state index >= 15 is 0 Å². The van der Waals surface area contributed by atoms with Crippen molar-refractivity contribution in [1.82, 2.24) is 15.1 Å². The quantitative estimate of drug-likeness (QED) is 0.755. The number of carbonyl (C=O) groups excluding carboxylic acids is 2. The molecule has 8 heteroatoms. The normalized spacial score (nSPS) is 12.0. The lowest BCUT2D eigenvalue weighted by Crippen LogP contribution is -2.44. The van der Waals surface area contributed by atoms with Gasteiger partial charge in [0.25, 0.3) is 5.56 Å². The summed E-state index contributed by atoms with van der Waals surface area (Å²) in [6.07, 6.45) is 1.93. The van der Waals surface area contributed by atoms with Gasteiger partial charge in [-0.15, -0.1) is 0 Å². The lowest BCUT2D eigenvalue weighted by atomic mass is 10.0. The van der Waals surface area contributed by atoms with Crippen LogP contribution in [0.4, 0.5) is 0 Å². The van der Waals surface area contributed by atoms with Gasteiger partial charge in [-0.3, -0.25) is 9.59 Å². The molecule has 2 rings (SSSR count). The van der Waals surface area contributed by atoms with E-state index < -0.39 is 23.5 Å². The Morgan fingerprint density at radius 3 is 2.68 bits per heavy atom. The second kappa shape index (κ2) is 8.27. The number of aromatic nitrogens is 2. The number of nitrogens with zero attached hydrogens (tertiary/aromatic N) is 2. The van der Waals surface area contributed by atoms with Crippen LogP contribution in [0.3, 0.4) is 0 Å². The van der Waals surface area contributed by atoms with Gasteiger partial charge in [-0.25, -0.2) is 9.48 Å². The van der Waals surface area contributed by atoms with Gasteiger partial charge < -0.3 is 14.5 Å². The zero-order chi connectivity index (χ0) is 18.4. The first-order valence-electron chi connectivity index (χ1n) is 7.90. The van der Waals surface area contributed by atoms with Gasteiger partial charge in [-0.1, -0.05) is 13.8 Å². The number of rotatable bonds is 7. The highest BCUT2D eigenvalue weighted by Gasteiger charge is 2.23. The molecule has 134 valence electrons. The van der Waals surface area contributed by atoms with Crippen molar-refractivity contribution in [3.63, 3.8) is 0 Å². The van der Waals surface area contributed by atoms with Crippen LogP contribution in [0.15, 0.2) is 39.7 Å². The molecule has 8 nitrogen and oxygen atoms in total. The van der Waals surface area contributed by atoms with E-state index in [-0.39, 0.29) is 12.5 Å². The van der Waals surface area contributed by atoms with Crippen LogP contribution in [-0.4, -0.2) is 34.8 Å². The monoisotopic (exact) mass is 347 g/mol. The molecule has 1 atom stereocenters. The van der Waals surface area contributed by atoms with Gasteiger partial charge >= 0.3 is 5.97 Å². The van der Waals surface area contributed by atoms with Crippen LogP contribution in [0, 0.1) is 5.92 Å². The van der Waals surface area contributed by atoms with E-state index in [4.69, 9.17) is 9.15 Å². The molecule has 2 aromatic rings. The molecule has 2 heterocycles. The summed E-state index contributed by atoms with van der Waals surface area (Å²) in [5, 5.41) is 6.71. The number of ether oxygens (including phenoxy) is 1. The number of methoxy groups -OCH3 is 1. The molecule has 0 fully saturated rings. The van der Waals surface area contributed by atoms with E-state index in [1.165, 1.54) is 25.5 Å². The third-order valence-corrected chi connectivity index (χ3v) is 3.46. The Hall–Kier alpha value is -2.90. The predicted molar refractivity (Wildman–Crippen MR) is 89.6 cm³/mol. The summed E-state index contributed by atoms with van der Waals surface area (Å²) in [7, 11) is 1.26. The first-order valence-corrected chi connectivity index (χ1v) is 7.90. The molecular weight excluding hydrogens is 326 g/mol. The van der Waals surface area contributed by atoms with Gasteiger partial charge in [0.15, 0.2) is 5.76 Å². The highest BCUT2D eigenvalue weighted by atomic mass is 16.5. The molecule has 0 saturated heterocycles. The van der Waals surface area contributed by atoms with Crippen LogP contribution < -0.4 is 10.9 Å². The lowest BCUT2D eigenvalue weighted by Gasteiger charge is -2.18. The van der Waals surface area contributed by atoms with Crippen LogP contribution in [-0.2, 0) is 20.9 Å². The molecule has 0 saturated carbocycles. The van der Waals surface area contributed by atoms with Crippen molar-refractivity contribution in [3.8, 4) is 11.5 Å². The lowest BCUT2D eigenvalue weighted by molar-refractivity contribution is -0.145. The van der Waals surface area contributed by atoms with Crippen LogP contribution in [0.1, 0.15) is 20.3 Å². The molecule has 0 spiro atoms. The number of furan rings is 1. The van der Waals surface area contributed by atoms with Gasteiger partial charge in [-0.2, -0.15) is 5.10 Å². The summed E-state index contributed by atoms with van der Waals surface area (Å²) in [4.78, 5) is 35.9. The zero-order valence-corrected chi connectivity index (χ0v) is 14.4. The number of nitrogens with one attached hydrogen (secondary N) is 1. The topological polar surface area (TPSA) is 103 Å². The Morgan fingerprint density at radius 2 is 2.08 bits per heavy atom. The highest BCUT2D eigenvalue weighted by molar-refractivity contribution is 5.84. The Balaban J connectivity index is 2.12. The van der Waals surface area contributed by atoms with E-state index in [1.54, 1.807) is 12.1 Å². The zero-order valence-electron chi connectivity index (χ0n) is 14.4. The van der Waals surface area contributed by atoms with Crippen molar-refractivity contribution in [2.75, 3.05) is 7.11 Å². The van der Waals surface area contributed by atoms with Crippen LogP contribution in [0.25, 0.3) is 11.5 Å². The van der Waals surface area contributed by atoms with Gasteiger partial charge in [-0.05, 0) is 30.5 Å². The SMILES string of the molecule is COC(=O)[C@@H](CC(C)C)NC(=O)Cn1nc(-c2ccco2)ccc1=O. The van der Waals surface area contributed by atoms with Gasteiger partial charge in [0.05, 0.1) is 13.4 Å². The molecule has 0 aliphatic rings. The maximum absolute atomic E-state index is 12.2. The molecule has 0 unspecified atom stereocenters. The minimum Gasteiger partial charge on any atom is -0.467 e. The Kier molecular flexibility index (Phi) is 6.10. The standard InChI is InChI=1S/C17H21N3O5/c1-11(2)9-13(17(23)24-3)18-15(21)10-20-16(22)7-6-12(19-20)14-5-4-8-25-14/h4-8,11,13H,9-10H2,1-3H3,(H,18,21)/t13-/m1/s1. The third kappa shape index (κ3) is 5.03. The first-order chi connectivity index (χ1) is 11.9. The van der Waals surface area contributed by atoms with Gasteiger partial charge in [0.1, 0.15) is 18.3 Å². The summed E-state index contributed by atoms with van der Waals surface area (Å²) in [5.74, 6) is -0.345. The fourth-order valence-electron chi connectivity index (χ4n) is 2.32. The van der Waals surface area contributed by atoms with Crippen molar-refractivity contribution in [3.05, 3.63) is 40.9 Å². The van der Waals surface area contributed by atoms with Gasteiger partial charge in [0.2, 0.25) is 5.91 Å². The van der Waals surface area contributed by atoms with Crippen LogP contribution in [0.2, 0.25) is 0 Å². The summed E-state index contributed by atoms with van der Waals surface area (Å²) >= 11 is 0. The summed E-state index contributed by atoms with van der Waals surface area (Å²) in [6, 6.07) is 5.47. The molecule has 1 N–H and O–H groups in total. The predicted octanol–water partition coefficient (Wildman–Crippen LogP) is 1.21. The maximum atomic E-state index is 12.2. The van der Waals surface area contributed by atoms with Crippen molar-refractivity contribution in [1.29, 1.82) is 0 Å². The first kappa shape index (κ1) is 18.4. The number of hydrogen-bond donors (Lipinski definition) is 1. The van der Waals surface area contributed by atoms with Crippen molar-refractivity contribution in [2.24, 2.45) is 5.92 Å². The van der Waals surface area contributed by atoms with Crippen molar-refractivity contribution in [2.45, 2.75) is 32.9 Å². The minimum atomic E-state index is -0.763. The molecule has 2 aromatic heterocycles. The van der Waals surface area contributed by atoms with Crippen LogP contribution in [0.5, 0.6) is 0 Å². The average Bonchev–Trinajstić information content (AvgIpc) is 3.09. The Bertz CT molecular complexity index is 780. The second-order valence-electron chi connectivity index (χ2n) is 5.96. The molecule has 1 amide bonds. The summed E-state index contributed by atoms with van der Waals surface area (Å²) in [5.41, 5.74) is 0.00744. The van der Waals surface area contributed by atoms with E-state index in [1.807, 2.05) is 13.8 Å². The molecule has 0 aliphatic carbocycles. The maximum Gasteiger partial charge on any atom is 0.328 e. The van der Waals surface area contributed by atoms with E-state index in [0.29, 0.717) is 17.9 Å². The molecule has 25 heavy (non-hydrogen) atoms. The molecule has 0 radical (unpaired) electrons. The minimum absolute atomic E-state index is 0.188. The van der Waals surface area contributed by atoms with E-state index in [2.05, 4.69) is 10.4 Å².